The fourth-order valence-corrected chi connectivity index (χ4v) is 1.55. The second kappa shape index (κ2) is 7.24. The summed E-state index contributed by atoms with van der Waals surface area (Å²) in [6.07, 6.45) is -1.84. The number of rotatable bonds is 6. The Bertz CT molecular complexity index is 557. The van der Waals surface area contributed by atoms with Crippen molar-refractivity contribution >= 4 is 11.9 Å². The van der Waals surface area contributed by atoms with Gasteiger partial charge in [-0.05, 0) is 32.4 Å². The molecule has 0 aliphatic carbocycles. The van der Waals surface area contributed by atoms with E-state index >= 15 is 0 Å². The summed E-state index contributed by atoms with van der Waals surface area (Å²) in [5, 5.41) is 2.29. The van der Waals surface area contributed by atoms with E-state index in [2.05, 4.69) is 10.3 Å². The number of aromatic nitrogens is 1. The van der Waals surface area contributed by atoms with E-state index in [0.29, 0.717) is 0 Å². The van der Waals surface area contributed by atoms with Gasteiger partial charge in [0.05, 0.1) is 12.2 Å². The monoisotopic (exact) mass is 318 g/mol. The average molecular weight is 318 g/mol. The lowest BCUT2D eigenvalue weighted by Gasteiger charge is -2.14. The molecule has 1 heterocycles. The number of hydrogen-bond acceptors (Lipinski definition) is 4. The van der Waals surface area contributed by atoms with Crippen molar-refractivity contribution in [2.45, 2.75) is 39.4 Å². The number of carbonyl (C=O) groups excluding carboxylic acids is 2. The molecule has 0 saturated carbocycles. The molecule has 1 aromatic heterocycles. The van der Waals surface area contributed by atoms with Gasteiger partial charge < -0.3 is 10.1 Å². The summed E-state index contributed by atoms with van der Waals surface area (Å²) < 4.78 is 43.7. The van der Waals surface area contributed by atoms with Crippen LogP contribution in [0.15, 0.2) is 12.3 Å². The van der Waals surface area contributed by atoms with Gasteiger partial charge in [-0.3, -0.25) is 9.78 Å². The van der Waals surface area contributed by atoms with Crippen molar-refractivity contribution < 1.29 is 27.5 Å². The van der Waals surface area contributed by atoms with Gasteiger partial charge in [0.1, 0.15) is 5.69 Å². The zero-order valence-electron chi connectivity index (χ0n) is 12.5. The van der Waals surface area contributed by atoms with Crippen molar-refractivity contribution in [2.24, 2.45) is 0 Å². The molecule has 0 radical (unpaired) electrons. The summed E-state index contributed by atoms with van der Waals surface area (Å²) in [6.45, 7) is 3.60. The smallest absolute Gasteiger partial charge is 0.340 e. The van der Waals surface area contributed by atoms with Gasteiger partial charge in [0.15, 0.2) is 5.67 Å². The molecule has 122 valence electrons. The van der Waals surface area contributed by atoms with E-state index in [1.165, 1.54) is 0 Å². The summed E-state index contributed by atoms with van der Waals surface area (Å²) in [4.78, 5) is 26.6. The largest absolute Gasteiger partial charge is 0.462 e. The van der Waals surface area contributed by atoms with Crippen molar-refractivity contribution in [3.8, 4) is 0 Å². The highest BCUT2D eigenvalue weighted by Crippen LogP contribution is 2.22. The van der Waals surface area contributed by atoms with Crippen LogP contribution in [-0.2, 0) is 16.1 Å². The molecule has 0 unspecified atom stereocenters. The Balaban J connectivity index is 2.97. The summed E-state index contributed by atoms with van der Waals surface area (Å²) in [5.41, 5.74) is -2.85. The molecule has 1 rings (SSSR count). The van der Waals surface area contributed by atoms with Gasteiger partial charge in [-0.1, -0.05) is 0 Å². The molecule has 0 atom stereocenters. The number of nitrogens with zero attached hydrogens (tertiary/aromatic N) is 1. The van der Waals surface area contributed by atoms with Crippen LogP contribution in [0.3, 0.4) is 0 Å². The van der Waals surface area contributed by atoms with Crippen LogP contribution in [0.5, 0.6) is 0 Å². The van der Waals surface area contributed by atoms with E-state index in [1.54, 1.807) is 6.92 Å². The number of alkyl halides is 3. The zero-order valence-corrected chi connectivity index (χ0v) is 12.5. The number of hydrogen-bond donors (Lipinski definition) is 1. The Morgan fingerprint density at radius 2 is 2.05 bits per heavy atom. The normalized spacial score (nSPS) is 11.4. The molecule has 1 N–H and O–H groups in total. The molecule has 0 bridgehead atoms. The van der Waals surface area contributed by atoms with Gasteiger partial charge >= 0.3 is 5.97 Å². The van der Waals surface area contributed by atoms with Gasteiger partial charge in [0.25, 0.3) is 12.3 Å². The van der Waals surface area contributed by atoms with Gasteiger partial charge in [-0.25, -0.2) is 18.0 Å². The molecular weight excluding hydrogens is 301 g/mol. The minimum atomic E-state index is -2.94. The fraction of sp³-hybridized carbons (Fsp3) is 0.500. The van der Waals surface area contributed by atoms with Crippen LogP contribution in [0.25, 0.3) is 0 Å². The van der Waals surface area contributed by atoms with Crippen LogP contribution in [0.2, 0.25) is 0 Å². The van der Waals surface area contributed by atoms with Crippen LogP contribution < -0.4 is 5.32 Å². The number of amides is 1. The molecule has 1 amide bonds. The minimum absolute atomic E-state index is 0.0263. The Morgan fingerprint density at radius 1 is 1.41 bits per heavy atom. The molecule has 0 spiro atoms. The number of pyridine rings is 1. The Kier molecular flexibility index (Phi) is 5.90. The molecule has 0 fully saturated rings. The topological polar surface area (TPSA) is 68.3 Å². The average Bonchev–Trinajstić information content (AvgIpc) is 2.43. The third-order valence-electron chi connectivity index (χ3n) is 2.67. The molecule has 0 saturated heterocycles. The third-order valence-corrected chi connectivity index (χ3v) is 2.67. The number of halogens is 3. The highest BCUT2D eigenvalue weighted by atomic mass is 19.3. The second-order valence-corrected chi connectivity index (χ2v) is 4.95. The number of carbonyl (C=O) groups is 2. The first-order valence-corrected chi connectivity index (χ1v) is 6.58. The quantitative estimate of drug-likeness (QED) is 0.819. The lowest BCUT2D eigenvalue weighted by molar-refractivity contribution is -0.130. The SMILES string of the molecule is CCOC(=O)c1cc(CNC(=O)C(C)(C)F)cnc1C(F)F. The maximum Gasteiger partial charge on any atom is 0.340 e. The fourth-order valence-electron chi connectivity index (χ4n) is 1.55. The predicted octanol–water partition coefficient (Wildman–Crippen LogP) is 2.56. The first-order chi connectivity index (χ1) is 10.2. The first kappa shape index (κ1) is 17.9. The first-order valence-electron chi connectivity index (χ1n) is 6.58. The van der Waals surface area contributed by atoms with Gasteiger partial charge in [0, 0.05) is 12.7 Å². The van der Waals surface area contributed by atoms with E-state index in [0.717, 1.165) is 26.1 Å². The molecule has 5 nitrogen and oxygen atoms in total. The van der Waals surface area contributed by atoms with Crippen molar-refractivity contribution in [1.82, 2.24) is 10.3 Å². The molecule has 22 heavy (non-hydrogen) atoms. The lowest BCUT2D eigenvalue weighted by Crippen LogP contribution is -2.38. The van der Waals surface area contributed by atoms with Gasteiger partial charge in [0.2, 0.25) is 0 Å². The summed E-state index contributed by atoms with van der Waals surface area (Å²) in [6, 6.07) is 1.15. The van der Waals surface area contributed by atoms with Crippen LogP contribution in [0.1, 0.15) is 48.8 Å². The van der Waals surface area contributed by atoms with E-state index in [-0.39, 0.29) is 24.3 Å². The molecule has 0 aromatic carbocycles. The van der Waals surface area contributed by atoms with Gasteiger partial charge in [-0.2, -0.15) is 0 Å². The van der Waals surface area contributed by atoms with E-state index in [4.69, 9.17) is 4.74 Å². The predicted molar refractivity (Wildman–Crippen MR) is 72.2 cm³/mol. The molecule has 8 heteroatoms. The number of ether oxygens (including phenoxy) is 1. The van der Waals surface area contributed by atoms with Crippen LogP contribution in [0.4, 0.5) is 13.2 Å². The lowest BCUT2D eigenvalue weighted by atomic mass is 10.1. The second-order valence-electron chi connectivity index (χ2n) is 4.95. The Morgan fingerprint density at radius 3 is 2.55 bits per heavy atom. The number of nitrogens with one attached hydrogen (secondary N) is 1. The van der Waals surface area contributed by atoms with Crippen LogP contribution >= 0.6 is 0 Å². The van der Waals surface area contributed by atoms with E-state index in [1.807, 2.05) is 0 Å². The standard InChI is InChI=1S/C14H17F3N2O3/c1-4-22-12(20)9-5-8(6-18-10(9)11(15)16)7-19-13(21)14(2,3)17/h5-6,11H,4,7H2,1-3H3,(H,19,21). The highest BCUT2D eigenvalue weighted by molar-refractivity contribution is 5.91. The summed E-state index contributed by atoms with van der Waals surface area (Å²) >= 11 is 0. The molecular formula is C14H17F3N2O3. The van der Waals surface area contributed by atoms with E-state index in [9.17, 15) is 22.8 Å². The molecule has 0 aliphatic rings. The van der Waals surface area contributed by atoms with Gasteiger partial charge in [-0.15, -0.1) is 0 Å². The van der Waals surface area contributed by atoms with Crippen molar-refractivity contribution in [3.05, 3.63) is 29.1 Å². The number of esters is 1. The Labute approximate surface area is 125 Å². The van der Waals surface area contributed by atoms with Crippen molar-refractivity contribution in [3.63, 3.8) is 0 Å². The maximum absolute atomic E-state index is 13.4. The third kappa shape index (κ3) is 4.71. The highest BCUT2D eigenvalue weighted by Gasteiger charge is 2.26. The minimum Gasteiger partial charge on any atom is -0.462 e. The zero-order chi connectivity index (χ0) is 16.9. The summed E-state index contributed by atoms with van der Waals surface area (Å²) in [7, 11) is 0. The summed E-state index contributed by atoms with van der Waals surface area (Å²) in [5.74, 6) is -1.78. The van der Waals surface area contributed by atoms with Crippen molar-refractivity contribution in [2.75, 3.05) is 6.61 Å². The molecule has 0 aliphatic heterocycles. The Hall–Kier alpha value is -2.12. The van der Waals surface area contributed by atoms with Crippen LogP contribution in [-0.4, -0.2) is 29.1 Å². The van der Waals surface area contributed by atoms with Crippen molar-refractivity contribution in [1.29, 1.82) is 0 Å². The maximum atomic E-state index is 13.4. The van der Waals surface area contributed by atoms with E-state index < -0.39 is 29.7 Å². The molecule has 1 aromatic rings. The van der Waals surface area contributed by atoms with Crippen LogP contribution in [0, 0.1) is 0 Å².